The lowest BCUT2D eigenvalue weighted by Gasteiger charge is -2.32. The normalized spacial score (nSPS) is 15.6. The number of carbonyl (C=O) groups excluding carboxylic acids is 1. The molecule has 0 spiro atoms. The zero-order valence-corrected chi connectivity index (χ0v) is 13.5. The predicted octanol–water partition coefficient (Wildman–Crippen LogP) is 2.51. The molecule has 0 aliphatic carbocycles. The van der Waals surface area contributed by atoms with Crippen LogP contribution in [0.3, 0.4) is 0 Å². The third-order valence-corrected chi connectivity index (χ3v) is 4.38. The number of imidazole rings is 1. The van der Waals surface area contributed by atoms with Crippen LogP contribution in [-0.4, -0.2) is 40.1 Å². The number of hydrogen-bond donors (Lipinski definition) is 0. The highest BCUT2D eigenvalue weighted by molar-refractivity contribution is 5.77. The summed E-state index contributed by atoms with van der Waals surface area (Å²) in [7, 11) is 0. The highest BCUT2D eigenvalue weighted by Crippen LogP contribution is 2.19. The van der Waals surface area contributed by atoms with E-state index < -0.39 is 0 Å². The van der Waals surface area contributed by atoms with E-state index in [1.165, 1.54) is 5.56 Å². The number of carbonyl (C=O) groups is 1. The number of piperidine rings is 1. The molecular weight excluding hydrogens is 290 g/mol. The summed E-state index contributed by atoms with van der Waals surface area (Å²) in [5.74, 6) is 1.44. The van der Waals surface area contributed by atoms with Gasteiger partial charge in [0.05, 0.1) is 6.33 Å². The largest absolute Gasteiger partial charge is 0.484 e. The zero-order valence-electron chi connectivity index (χ0n) is 13.5. The highest BCUT2D eigenvalue weighted by Gasteiger charge is 2.23. The first-order valence-corrected chi connectivity index (χ1v) is 8.14. The molecule has 2 heterocycles. The number of nitrogens with zero attached hydrogens (tertiary/aromatic N) is 3. The van der Waals surface area contributed by atoms with Gasteiger partial charge in [-0.05, 0) is 37.8 Å². The molecule has 0 N–H and O–H groups in total. The fourth-order valence-electron chi connectivity index (χ4n) is 2.93. The van der Waals surface area contributed by atoms with E-state index in [0.717, 1.165) is 38.2 Å². The topological polar surface area (TPSA) is 47.4 Å². The molecule has 5 heteroatoms. The number of benzene rings is 1. The molecule has 1 fully saturated rings. The van der Waals surface area contributed by atoms with Gasteiger partial charge >= 0.3 is 0 Å². The third-order valence-electron chi connectivity index (χ3n) is 4.38. The number of ether oxygens (including phenoxy) is 1. The summed E-state index contributed by atoms with van der Waals surface area (Å²) in [6, 6.07) is 7.78. The van der Waals surface area contributed by atoms with Gasteiger partial charge in [0.15, 0.2) is 6.61 Å². The molecule has 0 radical (unpaired) electrons. The Morgan fingerprint density at radius 2 is 2.00 bits per heavy atom. The van der Waals surface area contributed by atoms with Crippen molar-refractivity contribution in [2.75, 3.05) is 19.7 Å². The second-order valence-corrected chi connectivity index (χ2v) is 6.19. The maximum Gasteiger partial charge on any atom is 0.260 e. The molecule has 23 heavy (non-hydrogen) atoms. The van der Waals surface area contributed by atoms with Crippen LogP contribution in [0.15, 0.2) is 43.0 Å². The van der Waals surface area contributed by atoms with Crippen LogP contribution in [0.4, 0.5) is 0 Å². The van der Waals surface area contributed by atoms with Crippen LogP contribution in [0.1, 0.15) is 18.4 Å². The van der Waals surface area contributed by atoms with E-state index in [1.54, 1.807) is 6.20 Å². The van der Waals surface area contributed by atoms with Gasteiger partial charge in [-0.25, -0.2) is 4.98 Å². The highest BCUT2D eigenvalue weighted by atomic mass is 16.5. The molecule has 122 valence electrons. The van der Waals surface area contributed by atoms with Crippen LogP contribution in [0, 0.1) is 12.8 Å². The Kier molecular flexibility index (Phi) is 4.95. The smallest absolute Gasteiger partial charge is 0.260 e. The molecule has 1 aromatic heterocycles. The van der Waals surface area contributed by atoms with Gasteiger partial charge in [-0.1, -0.05) is 17.7 Å². The Labute approximate surface area is 136 Å². The average molecular weight is 313 g/mol. The minimum atomic E-state index is 0.0756. The average Bonchev–Trinajstić information content (AvgIpc) is 3.08. The second-order valence-electron chi connectivity index (χ2n) is 6.19. The molecule has 0 atom stereocenters. The molecule has 1 saturated heterocycles. The standard InChI is InChI=1S/C18H23N3O2/c1-15-2-4-17(5-3-15)23-13-18(22)21-9-6-16(7-10-21)12-20-11-8-19-14-20/h2-5,8,11,14,16H,6-7,9-10,12-13H2,1H3. The van der Waals surface area contributed by atoms with E-state index in [9.17, 15) is 4.79 Å². The first kappa shape index (κ1) is 15.6. The van der Waals surface area contributed by atoms with Gasteiger partial charge in [-0.2, -0.15) is 0 Å². The molecule has 1 aliphatic rings. The van der Waals surface area contributed by atoms with Crippen LogP contribution in [0.2, 0.25) is 0 Å². The fraction of sp³-hybridized carbons (Fsp3) is 0.444. The van der Waals surface area contributed by atoms with Gasteiger partial charge in [0.1, 0.15) is 5.75 Å². The molecule has 2 aromatic rings. The quantitative estimate of drug-likeness (QED) is 0.852. The number of hydrogen-bond acceptors (Lipinski definition) is 3. The first-order chi connectivity index (χ1) is 11.2. The number of aryl methyl sites for hydroxylation is 1. The first-order valence-electron chi connectivity index (χ1n) is 8.14. The van der Waals surface area contributed by atoms with Crippen molar-refractivity contribution in [3.63, 3.8) is 0 Å². The van der Waals surface area contributed by atoms with E-state index in [4.69, 9.17) is 4.74 Å². The molecular formula is C18H23N3O2. The fourth-order valence-corrected chi connectivity index (χ4v) is 2.93. The maximum atomic E-state index is 12.2. The Hall–Kier alpha value is -2.30. The monoisotopic (exact) mass is 313 g/mol. The number of rotatable bonds is 5. The maximum absolute atomic E-state index is 12.2. The summed E-state index contributed by atoms with van der Waals surface area (Å²) < 4.78 is 7.70. The van der Waals surface area contributed by atoms with Crippen molar-refractivity contribution >= 4 is 5.91 Å². The van der Waals surface area contributed by atoms with Gasteiger partial charge in [-0.15, -0.1) is 0 Å². The van der Waals surface area contributed by atoms with Crippen molar-refractivity contribution in [3.8, 4) is 5.75 Å². The Morgan fingerprint density at radius 3 is 2.65 bits per heavy atom. The number of amides is 1. The SMILES string of the molecule is Cc1ccc(OCC(=O)N2CCC(Cn3ccnc3)CC2)cc1. The molecule has 1 amide bonds. The Balaban J connectivity index is 1.42. The Bertz CT molecular complexity index is 614. The number of aromatic nitrogens is 2. The van der Waals surface area contributed by atoms with Crippen molar-refractivity contribution in [1.29, 1.82) is 0 Å². The summed E-state index contributed by atoms with van der Waals surface area (Å²) >= 11 is 0. The van der Waals surface area contributed by atoms with Crippen molar-refractivity contribution < 1.29 is 9.53 Å². The molecule has 3 rings (SSSR count). The molecule has 0 saturated carbocycles. The lowest BCUT2D eigenvalue weighted by molar-refractivity contribution is -0.134. The minimum absolute atomic E-state index is 0.0756. The third kappa shape index (κ3) is 4.34. The lowest BCUT2D eigenvalue weighted by Crippen LogP contribution is -2.41. The summed E-state index contributed by atoms with van der Waals surface area (Å²) in [5.41, 5.74) is 1.18. The van der Waals surface area contributed by atoms with Gasteiger partial charge < -0.3 is 14.2 Å². The van der Waals surface area contributed by atoms with Crippen LogP contribution in [0.5, 0.6) is 5.75 Å². The van der Waals surface area contributed by atoms with Gasteiger partial charge in [0, 0.05) is 32.0 Å². The van der Waals surface area contributed by atoms with Crippen LogP contribution >= 0.6 is 0 Å². The van der Waals surface area contributed by atoms with Crippen molar-refractivity contribution in [2.45, 2.75) is 26.3 Å². The summed E-state index contributed by atoms with van der Waals surface area (Å²) in [4.78, 5) is 18.2. The van der Waals surface area contributed by atoms with Gasteiger partial charge in [-0.3, -0.25) is 4.79 Å². The lowest BCUT2D eigenvalue weighted by atomic mass is 9.97. The van der Waals surface area contributed by atoms with Crippen molar-refractivity contribution in [3.05, 3.63) is 48.5 Å². The van der Waals surface area contributed by atoms with Gasteiger partial charge in [0.2, 0.25) is 0 Å². The van der Waals surface area contributed by atoms with Gasteiger partial charge in [0.25, 0.3) is 5.91 Å². The number of likely N-dealkylation sites (tertiary alicyclic amines) is 1. The summed E-state index contributed by atoms with van der Waals surface area (Å²) in [6.45, 7) is 4.77. The zero-order chi connectivity index (χ0) is 16.1. The van der Waals surface area contributed by atoms with E-state index in [-0.39, 0.29) is 12.5 Å². The van der Waals surface area contributed by atoms with E-state index in [1.807, 2.05) is 48.6 Å². The molecule has 1 aromatic carbocycles. The van der Waals surface area contributed by atoms with E-state index in [2.05, 4.69) is 9.55 Å². The van der Waals surface area contributed by atoms with Crippen molar-refractivity contribution in [1.82, 2.24) is 14.5 Å². The van der Waals surface area contributed by atoms with Crippen molar-refractivity contribution in [2.24, 2.45) is 5.92 Å². The summed E-state index contributed by atoms with van der Waals surface area (Å²) in [5, 5.41) is 0. The molecule has 1 aliphatic heterocycles. The second kappa shape index (κ2) is 7.31. The molecule has 0 bridgehead atoms. The van der Waals surface area contributed by atoms with E-state index in [0.29, 0.717) is 5.92 Å². The Morgan fingerprint density at radius 1 is 1.26 bits per heavy atom. The predicted molar refractivity (Wildman–Crippen MR) is 88.2 cm³/mol. The molecule has 5 nitrogen and oxygen atoms in total. The summed E-state index contributed by atoms with van der Waals surface area (Å²) in [6.07, 6.45) is 7.73. The minimum Gasteiger partial charge on any atom is -0.484 e. The molecule has 0 unspecified atom stereocenters. The van der Waals surface area contributed by atoms with Crippen LogP contribution in [0.25, 0.3) is 0 Å². The van der Waals surface area contributed by atoms with E-state index >= 15 is 0 Å². The van der Waals surface area contributed by atoms with Crippen LogP contribution in [-0.2, 0) is 11.3 Å². The van der Waals surface area contributed by atoms with Crippen LogP contribution < -0.4 is 4.74 Å².